The SMILES string of the molecule is C/C(=C\CN)c1ccc(C)s1. The molecule has 2 N–H and O–H groups in total. The number of allylic oxidation sites excluding steroid dienone is 1. The highest BCUT2D eigenvalue weighted by molar-refractivity contribution is 7.13. The lowest BCUT2D eigenvalue weighted by Crippen LogP contribution is -1.93. The van der Waals surface area contributed by atoms with E-state index >= 15 is 0 Å². The highest BCUT2D eigenvalue weighted by Gasteiger charge is 1.96. The van der Waals surface area contributed by atoms with Gasteiger partial charge in [0.1, 0.15) is 0 Å². The van der Waals surface area contributed by atoms with E-state index in [0.29, 0.717) is 6.54 Å². The van der Waals surface area contributed by atoms with Crippen molar-refractivity contribution in [3.05, 3.63) is 28.0 Å². The van der Waals surface area contributed by atoms with Crippen molar-refractivity contribution >= 4 is 16.9 Å². The smallest absolute Gasteiger partial charge is 0.0299 e. The first-order valence-electron chi connectivity index (χ1n) is 3.67. The van der Waals surface area contributed by atoms with Crippen LogP contribution in [0.4, 0.5) is 0 Å². The first kappa shape index (κ1) is 8.50. The molecule has 0 spiro atoms. The summed E-state index contributed by atoms with van der Waals surface area (Å²) in [5, 5.41) is 0. The van der Waals surface area contributed by atoms with Crippen molar-refractivity contribution in [3.8, 4) is 0 Å². The normalized spacial score (nSPS) is 12.1. The monoisotopic (exact) mass is 167 g/mol. The molecule has 0 fully saturated rings. The molecule has 11 heavy (non-hydrogen) atoms. The molecule has 0 bridgehead atoms. The lowest BCUT2D eigenvalue weighted by atomic mass is 10.2. The van der Waals surface area contributed by atoms with Crippen molar-refractivity contribution in [2.45, 2.75) is 13.8 Å². The van der Waals surface area contributed by atoms with Gasteiger partial charge in [0.15, 0.2) is 0 Å². The summed E-state index contributed by atoms with van der Waals surface area (Å²) in [4.78, 5) is 2.68. The van der Waals surface area contributed by atoms with E-state index in [-0.39, 0.29) is 0 Å². The van der Waals surface area contributed by atoms with E-state index in [9.17, 15) is 0 Å². The fraction of sp³-hybridized carbons (Fsp3) is 0.333. The van der Waals surface area contributed by atoms with Crippen molar-refractivity contribution in [2.75, 3.05) is 6.54 Å². The Morgan fingerprint density at radius 3 is 2.82 bits per heavy atom. The zero-order valence-corrected chi connectivity index (χ0v) is 7.74. The standard InChI is InChI=1S/C9H13NS/c1-7(5-6-10)9-4-3-8(2)11-9/h3-5H,6,10H2,1-2H3/b7-5+. The van der Waals surface area contributed by atoms with Gasteiger partial charge in [-0.15, -0.1) is 11.3 Å². The lowest BCUT2D eigenvalue weighted by molar-refractivity contribution is 1.25. The molecular formula is C9H13NS. The number of hydrogen-bond acceptors (Lipinski definition) is 2. The summed E-state index contributed by atoms with van der Waals surface area (Å²) in [6.45, 7) is 4.84. The van der Waals surface area contributed by atoms with E-state index in [2.05, 4.69) is 26.0 Å². The number of rotatable bonds is 2. The maximum absolute atomic E-state index is 5.40. The Bertz CT molecular complexity index is 260. The fourth-order valence-corrected chi connectivity index (χ4v) is 1.79. The summed E-state index contributed by atoms with van der Waals surface area (Å²) in [5.41, 5.74) is 6.68. The van der Waals surface area contributed by atoms with E-state index in [0.717, 1.165) is 0 Å². The van der Waals surface area contributed by atoms with E-state index in [1.807, 2.05) is 17.4 Å². The van der Waals surface area contributed by atoms with Crippen LogP contribution in [0.15, 0.2) is 18.2 Å². The summed E-state index contributed by atoms with van der Waals surface area (Å²) < 4.78 is 0. The van der Waals surface area contributed by atoms with Crippen LogP contribution in [0.2, 0.25) is 0 Å². The average molecular weight is 167 g/mol. The third kappa shape index (κ3) is 2.17. The predicted octanol–water partition coefficient (Wildman–Crippen LogP) is 2.42. The van der Waals surface area contributed by atoms with E-state index < -0.39 is 0 Å². The molecule has 1 aromatic heterocycles. The second-order valence-electron chi connectivity index (χ2n) is 2.53. The molecule has 0 aliphatic rings. The number of aryl methyl sites for hydroxylation is 1. The number of thiophene rings is 1. The van der Waals surface area contributed by atoms with Gasteiger partial charge in [0.2, 0.25) is 0 Å². The van der Waals surface area contributed by atoms with Gasteiger partial charge >= 0.3 is 0 Å². The zero-order chi connectivity index (χ0) is 8.27. The molecule has 0 aromatic carbocycles. The first-order valence-corrected chi connectivity index (χ1v) is 4.49. The third-order valence-corrected chi connectivity index (χ3v) is 2.69. The van der Waals surface area contributed by atoms with E-state index in [4.69, 9.17) is 5.73 Å². The maximum Gasteiger partial charge on any atom is 0.0299 e. The topological polar surface area (TPSA) is 26.0 Å². The van der Waals surface area contributed by atoms with Crippen molar-refractivity contribution in [1.82, 2.24) is 0 Å². The third-order valence-electron chi connectivity index (χ3n) is 1.55. The van der Waals surface area contributed by atoms with Crippen molar-refractivity contribution in [1.29, 1.82) is 0 Å². The minimum atomic E-state index is 0.628. The number of nitrogens with two attached hydrogens (primary N) is 1. The Morgan fingerprint density at radius 1 is 1.64 bits per heavy atom. The lowest BCUT2D eigenvalue weighted by Gasteiger charge is -1.93. The molecule has 0 saturated carbocycles. The van der Waals surface area contributed by atoms with Gasteiger partial charge < -0.3 is 5.73 Å². The van der Waals surface area contributed by atoms with Gasteiger partial charge in [-0.2, -0.15) is 0 Å². The Balaban J connectivity index is 2.84. The van der Waals surface area contributed by atoms with Crippen LogP contribution >= 0.6 is 11.3 Å². The molecule has 1 aromatic rings. The minimum Gasteiger partial charge on any atom is -0.327 e. The van der Waals surface area contributed by atoms with Gasteiger partial charge in [0.05, 0.1) is 0 Å². The fourth-order valence-electron chi connectivity index (χ4n) is 0.924. The van der Waals surface area contributed by atoms with E-state index in [1.165, 1.54) is 15.3 Å². The molecule has 60 valence electrons. The van der Waals surface area contributed by atoms with Gasteiger partial charge in [-0.1, -0.05) is 6.08 Å². The molecule has 0 amide bonds. The van der Waals surface area contributed by atoms with Crippen LogP contribution in [0, 0.1) is 6.92 Å². The molecule has 1 nitrogen and oxygen atoms in total. The van der Waals surface area contributed by atoms with Crippen molar-refractivity contribution in [2.24, 2.45) is 5.73 Å². The van der Waals surface area contributed by atoms with Crippen molar-refractivity contribution in [3.63, 3.8) is 0 Å². The van der Waals surface area contributed by atoms with Crippen LogP contribution in [-0.2, 0) is 0 Å². The number of hydrogen-bond donors (Lipinski definition) is 1. The molecule has 1 rings (SSSR count). The van der Waals surface area contributed by atoms with Gasteiger partial charge in [-0.05, 0) is 31.6 Å². The second kappa shape index (κ2) is 3.69. The summed E-state index contributed by atoms with van der Waals surface area (Å²) in [6, 6.07) is 4.27. The predicted molar refractivity (Wildman–Crippen MR) is 51.8 cm³/mol. The van der Waals surface area contributed by atoms with Gasteiger partial charge in [0, 0.05) is 16.3 Å². The molecule has 0 atom stereocenters. The summed E-state index contributed by atoms with van der Waals surface area (Å²) in [7, 11) is 0. The summed E-state index contributed by atoms with van der Waals surface area (Å²) >= 11 is 1.81. The molecule has 0 radical (unpaired) electrons. The van der Waals surface area contributed by atoms with Crippen LogP contribution in [0.25, 0.3) is 5.57 Å². The largest absolute Gasteiger partial charge is 0.327 e. The molecule has 1 heterocycles. The quantitative estimate of drug-likeness (QED) is 0.719. The Kier molecular flexibility index (Phi) is 2.85. The molecule has 0 unspecified atom stereocenters. The van der Waals surface area contributed by atoms with Crippen LogP contribution in [0.3, 0.4) is 0 Å². The second-order valence-corrected chi connectivity index (χ2v) is 3.82. The van der Waals surface area contributed by atoms with Gasteiger partial charge in [0.25, 0.3) is 0 Å². The summed E-state index contributed by atoms with van der Waals surface area (Å²) in [5.74, 6) is 0. The van der Waals surface area contributed by atoms with Crippen LogP contribution in [0.1, 0.15) is 16.7 Å². The Morgan fingerprint density at radius 2 is 2.36 bits per heavy atom. The maximum atomic E-state index is 5.40. The molecular weight excluding hydrogens is 154 g/mol. The average Bonchev–Trinajstić information content (AvgIpc) is 2.36. The molecule has 0 aliphatic carbocycles. The van der Waals surface area contributed by atoms with Crippen molar-refractivity contribution < 1.29 is 0 Å². The highest BCUT2D eigenvalue weighted by atomic mass is 32.1. The Hall–Kier alpha value is -0.600. The molecule has 0 aliphatic heterocycles. The first-order chi connectivity index (χ1) is 5.24. The van der Waals surface area contributed by atoms with Gasteiger partial charge in [-0.25, -0.2) is 0 Å². The summed E-state index contributed by atoms with van der Waals surface area (Å²) in [6.07, 6.45) is 2.05. The van der Waals surface area contributed by atoms with E-state index in [1.54, 1.807) is 0 Å². The van der Waals surface area contributed by atoms with Crippen LogP contribution in [0.5, 0.6) is 0 Å². The van der Waals surface area contributed by atoms with Crippen LogP contribution < -0.4 is 5.73 Å². The van der Waals surface area contributed by atoms with Crippen LogP contribution in [-0.4, -0.2) is 6.54 Å². The van der Waals surface area contributed by atoms with Gasteiger partial charge in [-0.3, -0.25) is 0 Å². The molecule has 2 heteroatoms. The minimum absolute atomic E-state index is 0.628. The zero-order valence-electron chi connectivity index (χ0n) is 6.92. The molecule has 0 saturated heterocycles. The highest BCUT2D eigenvalue weighted by Crippen LogP contribution is 2.22. The Labute approximate surface area is 71.5 Å².